The smallest absolute Gasteiger partial charge is 0.335 e. The van der Waals surface area contributed by atoms with Crippen LogP contribution < -0.4 is 0 Å². The number of aromatic carboxylic acids is 2. The minimum Gasteiger partial charge on any atom is -0.478 e. The summed E-state index contributed by atoms with van der Waals surface area (Å²) >= 11 is 19.7. The number of ketones is 2. The van der Waals surface area contributed by atoms with Crippen LogP contribution in [0.1, 0.15) is 105 Å². The molecule has 82 heavy (non-hydrogen) atoms. The number of halogens is 4. The van der Waals surface area contributed by atoms with Crippen molar-refractivity contribution in [2.24, 2.45) is 0 Å². The van der Waals surface area contributed by atoms with Crippen LogP contribution in [0.3, 0.4) is 0 Å². The number of nitrogens with zero attached hydrogens (tertiary/aromatic N) is 10. The molecule has 416 valence electrons. The van der Waals surface area contributed by atoms with Crippen molar-refractivity contribution >= 4 is 103 Å². The van der Waals surface area contributed by atoms with Gasteiger partial charge < -0.3 is 20.0 Å². The predicted octanol–water partition coefficient (Wildman–Crippen LogP) is 10.9. The quantitative estimate of drug-likeness (QED) is 0.0964. The third-order valence-corrected chi connectivity index (χ3v) is 15.8. The Labute approximate surface area is 497 Å². The lowest BCUT2D eigenvalue weighted by Crippen LogP contribution is -2.50. The largest absolute Gasteiger partial charge is 0.478 e. The van der Waals surface area contributed by atoms with Crippen molar-refractivity contribution in [3.05, 3.63) is 221 Å². The monoisotopic (exact) mass is 1270 g/mol. The van der Waals surface area contributed by atoms with Crippen LogP contribution in [0.2, 0.25) is 10.0 Å². The molecule has 6 aromatic carbocycles. The summed E-state index contributed by atoms with van der Waals surface area (Å²) in [4.78, 5) is 81.3. The van der Waals surface area contributed by atoms with Crippen molar-refractivity contribution in [3.63, 3.8) is 0 Å². The van der Waals surface area contributed by atoms with Crippen LogP contribution in [0.5, 0.6) is 0 Å². The van der Waals surface area contributed by atoms with Crippen molar-refractivity contribution in [2.45, 2.75) is 63.5 Å². The second kappa shape index (κ2) is 24.4. The Hall–Kier alpha value is -8.30. The number of tetrazole rings is 2. The molecule has 4 heterocycles. The van der Waals surface area contributed by atoms with Gasteiger partial charge in [0, 0.05) is 84.6 Å². The maximum atomic E-state index is 14.0. The van der Waals surface area contributed by atoms with E-state index in [2.05, 4.69) is 62.9 Å². The SMILES string of the molecule is CC1(C)CN(C(=O)/C=C/c2cc(Cl)ccc2-n2cnnn2)C(C(=O)Cc2ccc(C(=O)O)cc2)c2c(Br)cccc21.CC1(C)CN(C(=O)/C=C/c2cc(Cl)ccc2-n2cnnn2)C(C(=O)Cc2ccc(C(=O)O)cc2)c2ccc(Br)cc21. The van der Waals surface area contributed by atoms with Gasteiger partial charge in [0.2, 0.25) is 11.8 Å². The van der Waals surface area contributed by atoms with Gasteiger partial charge in [0.15, 0.2) is 11.6 Å². The van der Waals surface area contributed by atoms with Gasteiger partial charge in [0.1, 0.15) is 24.7 Å². The van der Waals surface area contributed by atoms with E-state index < -0.39 is 34.9 Å². The lowest BCUT2D eigenvalue weighted by Gasteiger charge is -2.44. The molecule has 0 radical (unpaired) electrons. The van der Waals surface area contributed by atoms with Gasteiger partial charge >= 0.3 is 11.9 Å². The summed E-state index contributed by atoms with van der Waals surface area (Å²) in [6.07, 6.45) is 9.09. The maximum absolute atomic E-state index is 14.0. The van der Waals surface area contributed by atoms with E-state index in [1.54, 1.807) is 82.6 Å². The molecule has 10 rings (SSSR count). The van der Waals surface area contributed by atoms with Crippen LogP contribution in [0.4, 0.5) is 0 Å². The second-order valence-corrected chi connectivity index (χ2v) is 23.5. The number of fused-ring (bicyclic) bond motifs is 2. The van der Waals surface area contributed by atoms with E-state index in [0.29, 0.717) is 56.8 Å². The number of aromatic nitrogens is 8. The van der Waals surface area contributed by atoms with Crippen LogP contribution in [-0.4, -0.2) is 109 Å². The minimum absolute atomic E-state index is 0.0248. The molecule has 8 aromatic rings. The highest BCUT2D eigenvalue weighted by Gasteiger charge is 2.45. The molecular formula is C60H50Br2Cl2N10O8. The van der Waals surface area contributed by atoms with E-state index in [1.807, 2.05) is 64.1 Å². The molecule has 0 aliphatic carbocycles. The molecule has 22 heteroatoms. The number of amides is 2. The molecule has 2 aliphatic heterocycles. The first-order chi connectivity index (χ1) is 39.1. The average Bonchev–Trinajstić information content (AvgIpc) is 2.04. The zero-order valence-electron chi connectivity index (χ0n) is 44.3. The molecule has 2 N–H and O–H groups in total. The Kier molecular flexibility index (Phi) is 17.4. The van der Waals surface area contributed by atoms with Gasteiger partial charge in [-0.25, -0.2) is 9.59 Å². The van der Waals surface area contributed by atoms with Crippen LogP contribution in [-0.2, 0) is 42.8 Å². The Balaban J connectivity index is 0.000000198. The summed E-state index contributed by atoms with van der Waals surface area (Å²) in [5, 5.41) is 42.0. The van der Waals surface area contributed by atoms with Crippen LogP contribution in [0.25, 0.3) is 23.5 Å². The normalized spacial score (nSPS) is 16.0. The summed E-state index contributed by atoms with van der Waals surface area (Å²) in [6, 6.07) is 32.6. The lowest BCUT2D eigenvalue weighted by molar-refractivity contribution is -0.137. The van der Waals surface area contributed by atoms with Crippen molar-refractivity contribution in [3.8, 4) is 11.4 Å². The number of carbonyl (C=O) groups is 6. The summed E-state index contributed by atoms with van der Waals surface area (Å²) in [5.74, 6) is -3.12. The molecule has 2 amide bonds. The molecule has 0 saturated heterocycles. The number of rotatable bonds is 14. The molecule has 2 aromatic heterocycles. The number of Topliss-reactive ketones (excluding diaryl/α,β-unsaturated/α-hetero) is 2. The number of carbonyl (C=O) groups excluding carboxylic acids is 4. The van der Waals surface area contributed by atoms with Crippen LogP contribution in [0.15, 0.2) is 155 Å². The molecule has 2 unspecified atom stereocenters. The summed E-state index contributed by atoms with van der Waals surface area (Å²) in [6.45, 7) is 8.79. The Morgan fingerprint density at radius 3 is 1.51 bits per heavy atom. The molecule has 2 atom stereocenters. The minimum atomic E-state index is -1.04. The van der Waals surface area contributed by atoms with E-state index >= 15 is 0 Å². The zero-order chi connectivity index (χ0) is 58.6. The van der Waals surface area contributed by atoms with E-state index in [9.17, 15) is 39.0 Å². The Morgan fingerprint density at radius 1 is 0.585 bits per heavy atom. The fourth-order valence-electron chi connectivity index (χ4n) is 10.3. The van der Waals surface area contributed by atoms with Gasteiger partial charge in [-0.15, -0.1) is 10.2 Å². The lowest BCUT2D eigenvalue weighted by atomic mass is 9.74. The number of hydrogen-bond donors (Lipinski definition) is 2. The van der Waals surface area contributed by atoms with Gasteiger partial charge in [-0.05, 0) is 140 Å². The topological polar surface area (TPSA) is 237 Å². The number of benzene rings is 6. The summed E-state index contributed by atoms with van der Waals surface area (Å²) < 4.78 is 4.57. The highest BCUT2D eigenvalue weighted by Crippen LogP contribution is 2.45. The summed E-state index contributed by atoms with van der Waals surface area (Å²) in [7, 11) is 0. The molecular weight excluding hydrogens is 1220 g/mol. The molecule has 0 spiro atoms. The van der Waals surface area contributed by atoms with Crippen molar-refractivity contribution in [1.29, 1.82) is 0 Å². The number of carboxylic acid groups (broad SMARTS) is 2. The third kappa shape index (κ3) is 12.9. The molecule has 0 bridgehead atoms. The Morgan fingerprint density at radius 2 is 1.05 bits per heavy atom. The van der Waals surface area contributed by atoms with E-state index in [-0.39, 0.29) is 47.3 Å². The van der Waals surface area contributed by atoms with E-state index in [0.717, 1.165) is 31.2 Å². The van der Waals surface area contributed by atoms with Crippen molar-refractivity contribution in [1.82, 2.24) is 50.2 Å². The third-order valence-electron chi connectivity index (χ3n) is 14.2. The highest BCUT2D eigenvalue weighted by molar-refractivity contribution is 9.10. The fraction of sp³-hybridized carbons (Fsp3) is 0.200. The fourth-order valence-corrected chi connectivity index (χ4v) is 11.6. The Bertz CT molecular complexity index is 3820. The first-order valence-corrected chi connectivity index (χ1v) is 27.7. The van der Waals surface area contributed by atoms with E-state index in [4.69, 9.17) is 23.2 Å². The average molecular weight is 1270 g/mol. The molecule has 0 saturated carbocycles. The van der Waals surface area contributed by atoms with Gasteiger partial charge in [0.25, 0.3) is 0 Å². The number of hydrogen-bond acceptors (Lipinski definition) is 12. The highest BCUT2D eigenvalue weighted by atomic mass is 79.9. The first kappa shape index (κ1) is 58.4. The van der Waals surface area contributed by atoms with Crippen LogP contribution >= 0.6 is 55.1 Å². The van der Waals surface area contributed by atoms with Crippen LogP contribution in [0, 0.1) is 0 Å². The standard InChI is InChI=1S/2C30H25BrClN5O4/c1-30(2)16-36(27(39)12-7-20-14-22(32)9-11-25(20)37-17-33-34-35-37)28(23-10-8-21(31)15-24(23)30)26(38)13-18-3-5-19(6-4-18)29(40)41;1-30(2)16-36(26(39)13-10-20-15-21(32)11-12-24(20)37-17-33-34-35-37)28(27-22(30)4-3-5-23(27)31)25(38)14-18-6-8-19(9-7-18)29(40)41/h3-12,14-15,17,28H,13,16H2,1-2H3,(H,40,41);3-13,15,17,28H,14,16H2,1-2H3,(H,40,41)/b12-7+;13-10+. The van der Waals surface area contributed by atoms with Crippen molar-refractivity contribution in [2.75, 3.05) is 13.1 Å². The molecule has 18 nitrogen and oxygen atoms in total. The van der Waals surface area contributed by atoms with Gasteiger partial charge in [-0.3, -0.25) is 19.2 Å². The zero-order valence-corrected chi connectivity index (χ0v) is 49.0. The first-order valence-electron chi connectivity index (χ1n) is 25.4. The van der Waals surface area contributed by atoms with Gasteiger partial charge in [-0.2, -0.15) is 9.36 Å². The predicted molar refractivity (Wildman–Crippen MR) is 314 cm³/mol. The van der Waals surface area contributed by atoms with Gasteiger partial charge in [0.05, 0.1) is 22.5 Å². The molecule has 0 fully saturated rings. The van der Waals surface area contributed by atoms with E-state index in [1.165, 1.54) is 58.4 Å². The molecule has 2 aliphatic rings. The maximum Gasteiger partial charge on any atom is 0.335 e. The van der Waals surface area contributed by atoms with Crippen molar-refractivity contribution < 1.29 is 39.0 Å². The summed E-state index contributed by atoms with van der Waals surface area (Å²) in [5.41, 5.74) is 6.71. The van der Waals surface area contributed by atoms with Gasteiger partial charge in [-0.1, -0.05) is 125 Å². The number of carboxylic acids is 2. The second-order valence-electron chi connectivity index (χ2n) is 20.8.